The van der Waals surface area contributed by atoms with Crippen molar-refractivity contribution in [3.63, 3.8) is 0 Å². The van der Waals surface area contributed by atoms with E-state index in [1.54, 1.807) is 0 Å². The van der Waals surface area contributed by atoms with E-state index < -0.39 is 0 Å². The molecule has 0 aliphatic rings. The van der Waals surface area contributed by atoms with Crippen molar-refractivity contribution >= 4 is 0 Å². The fraction of sp³-hybridized carbons (Fsp3) is 0.167. The van der Waals surface area contributed by atoms with E-state index in [-0.39, 0.29) is 5.75 Å². The third-order valence-corrected chi connectivity index (χ3v) is 0.924. The van der Waals surface area contributed by atoms with Crippen LogP contribution in [0.2, 0.25) is 0 Å². The van der Waals surface area contributed by atoms with E-state index in [1.165, 1.54) is 25.6 Å². The number of nitrogens with zero attached hydrogens (tertiary/aromatic N) is 1. The maximum atomic E-state index is 10.5. The molecule has 9 heavy (non-hydrogen) atoms. The maximum absolute atomic E-state index is 10.5. The first-order valence-corrected chi connectivity index (χ1v) is 2.49. The maximum Gasteiger partial charge on any atom is 0.200 e. The Labute approximate surface area is 52.9 Å². The first-order valence-electron chi connectivity index (χ1n) is 2.49. The Morgan fingerprint density at radius 2 is 2.33 bits per heavy atom. The molecule has 0 aliphatic heterocycles. The summed E-state index contributed by atoms with van der Waals surface area (Å²) in [6.07, 6.45) is 2.73. The van der Waals surface area contributed by atoms with Gasteiger partial charge in [0.05, 0.1) is 19.5 Å². The van der Waals surface area contributed by atoms with Crippen LogP contribution >= 0.6 is 0 Å². The van der Waals surface area contributed by atoms with Gasteiger partial charge in [-0.25, -0.2) is 0 Å². The van der Waals surface area contributed by atoms with Crippen LogP contribution < -0.4 is 4.74 Å². The molecule has 1 aromatic rings. The summed E-state index contributed by atoms with van der Waals surface area (Å²) in [5.41, 5.74) is 0. The first-order chi connectivity index (χ1) is 4.33. The molecule has 0 atom stereocenters. The second-order valence-corrected chi connectivity index (χ2v) is 1.56. The molecule has 1 heterocycles. The van der Waals surface area contributed by atoms with E-state index in [0.717, 1.165) is 0 Å². The molecule has 47 valence electrons. The fourth-order valence-corrected chi connectivity index (χ4v) is 0.511. The van der Waals surface area contributed by atoms with Gasteiger partial charge in [-0.1, -0.05) is 0 Å². The van der Waals surface area contributed by atoms with Gasteiger partial charge in [-0.05, 0) is 0 Å². The van der Waals surface area contributed by atoms with Crippen molar-refractivity contribution < 1.29 is 9.84 Å². The molecule has 0 aromatic carbocycles. The summed E-state index contributed by atoms with van der Waals surface area (Å²) in [5.74, 6) is 0.372. The molecule has 1 radical (unpaired) electrons. The van der Waals surface area contributed by atoms with Gasteiger partial charge < -0.3 is 4.74 Å². The zero-order chi connectivity index (χ0) is 6.69. The molecule has 0 aliphatic carbocycles. The van der Waals surface area contributed by atoms with Crippen LogP contribution in [-0.2, 0) is 5.11 Å². The molecule has 3 nitrogen and oxygen atoms in total. The fourth-order valence-electron chi connectivity index (χ4n) is 0.511. The zero-order valence-electron chi connectivity index (χ0n) is 5.00. The van der Waals surface area contributed by atoms with Crippen molar-refractivity contribution in [1.29, 1.82) is 0 Å². The van der Waals surface area contributed by atoms with E-state index in [9.17, 15) is 5.11 Å². The van der Waals surface area contributed by atoms with Gasteiger partial charge in [0.15, 0.2) is 0 Å². The summed E-state index contributed by atoms with van der Waals surface area (Å²) in [4.78, 5) is 3.62. The zero-order valence-corrected chi connectivity index (χ0v) is 5.00. The van der Waals surface area contributed by atoms with E-state index in [1.807, 2.05) is 0 Å². The molecule has 0 unspecified atom stereocenters. The molecule has 0 saturated heterocycles. The summed E-state index contributed by atoms with van der Waals surface area (Å²) >= 11 is 0. The number of aromatic nitrogens is 1. The Bertz CT molecular complexity index is 200. The van der Waals surface area contributed by atoms with Gasteiger partial charge in [0.1, 0.15) is 5.75 Å². The number of ether oxygens (including phenoxy) is 1. The normalized spacial score (nSPS) is 9.00. The minimum Gasteiger partial charge on any atom is -0.495 e. The Kier molecular flexibility index (Phi) is 1.53. The highest BCUT2D eigenvalue weighted by Gasteiger charge is 1.92. The highest BCUT2D eigenvalue weighted by molar-refractivity contribution is 5.26. The van der Waals surface area contributed by atoms with Crippen molar-refractivity contribution in [2.45, 2.75) is 0 Å². The van der Waals surface area contributed by atoms with Gasteiger partial charge in [-0.2, -0.15) is 0 Å². The van der Waals surface area contributed by atoms with E-state index >= 15 is 0 Å². The highest BCUT2D eigenvalue weighted by Crippen LogP contribution is 2.14. The van der Waals surface area contributed by atoms with Crippen LogP contribution in [0.1, 0.15) is 0 Å². The van der Waals surface area contributed by atoms with Crippen molar-refractivity contribution in [3.05, 3.63) is 18.5 Å². The van der Waals surface area contributed by atoms with E-state index in [4.69, 9.17) is 4.74 Å². The largest absolute Gasteiger partial charge is 0.495 e. The van der Waals surface area contributed by atoms with Crippen molar-refractivity contribution in [2.75, 3.05) is 7.11 Å². The van der Waals surface area contributed by atoms with Gasteiger partial charge in [0.2, 0.25) is 5.75 Å². The van der Waals surface area contributed by atoms with Gasteiger partial charge in [0.25, 0.3) is 0 Å². The Morgan fingerprint density at radius 1 is 1.56 bits per heavy atom. The summed E-state index contributed by atoms with van der Waals surface area (Å²) in [6.45, 7) is 0. The smallest absolute Gasteiger partial charge is 0.200 e. The minimum atomic E-state index is -0.130. The predicted octanol–water partition coefficient (Wildman–Crippen LogP) is 1.23. The van der Waals surface area contributed by atoms with Crippen LogP contribution in [0.25, 0.3) is 0 Å². The second kappa shape index (κ2) is 2.35. The van der Waals surface area contributed by atoms with Crippen molar-refractivity contribution in [1.82, 2.24) is 4.98 Å². The number of rotatable bonds is 1. The molecule has 0 fully saturated rings. The first kappa shape index (κ1) is 5.88. The van der Waals surface area contributed by atoms with Gasteiger partial charge in [0, 0.05) is 6.07 Å². The van der Waals surface area contributed by atoms with E-state index in [0.29, 0.717) is 5.75 Å². The summed E-state index contributed by atoms with van der Waals surface area (Å²) < 4.78 is 4.73. The Morgan fingerprint density at radius 3 is 2.78 bits per heavy atom. The summed E-state index contributed by atoms with van der Waals surface area (Å²) in [7, 11) is 1.50. The molecular formula is C6H6NO2. The molecule has 0 spiro atoms. The number of hydrogen-bond donors (Lipinski definition) is 0. The molecule has 0 bridgehead atoms. The average molecular weight is 124 g/mol. The SMILES string of the molecule is COc1cncc([O])c1. The second-order valence-electron chi connectivity index (χ2n) is 1.56. The summed E-state index contributed by atoms with van der Waals surface area (Å²) in [5, 5.41) is 10.5. The van der Waals surface area contributed by atoms with Crippen LogP contribution in [0.3, 0.4) is 0 Å². The lowest BCUT2D eigenvalue weighted by Gasteiger charge is -1.94. The van der Waals surface area contributed by atoms with Crippen LogP contribution in [0.5, 0.6) is 11.5 Å². The Balaban J connectivity index is 2.94. The van der Waals surface area contributed by atoms with Crippen LogP contribution in [-0.4, -0.2) is 12.1 Å². The van der Waals surface area contributed by atoms with Gasteiger partial charge >= 0.3 is 0 Å². The predicted molar refractivity (Wildman–Crippen MR) is 30.9 cm³/mol. The average Bonchev–Trinajstić information content (AvgIpc) is 1.88. The number of pyridine rings is 1. The lowest BCUT2D eigenvalue weighted by Crippen LogP contribution is -1.81. The topological polar surface area (TPSA) is 42.0 Å². The molecule has 0 N–H and O–H groups in total. The molecule has 3 heteroatoms. The van der Waals surface area contributed by atoms with Crippen LogP contribution in [0, 0.1) is 0 Å². The monoisotopic (exact) mass is 124 g/mol. The lowest BCUT2D eigenvalue weighted by atomic mass is 10.4. The van der Waals surface area contributed by atoms with Crippen LogP contribution in [0.15, 0.2) is 18.5 Å². The van der Waals surface area contributed by atoms with Crippen molar-refractivity contribution in [3.8, 4) is 11.5 Å². The molecule has 0 saturated carbocycles. The summed E-state index contributed by atoms with van der Waals surface area (Å²) in [6, 6.07) is 1.38. The highest BCUT2D eigenvalue weighted by atomic mass is 16.5. The van der Waals surface area contributed by atoms with Crippen molar-refractivity contribution in [2.24, 2.45) is 0 Å². The molecule has 0 amide bonds. The van der Waals surface area contributed by atoms with Gasteiger partial charge in [-0.3, -0.25) is 10.1 Å². The van der Waals surface area contributed by atoms with Crippen LogP contribution in [0.4, 0.5) is 0 Å². The standard InChI is InChI=1S/C6H6NO2/c1-9-6-2-5(8)3-7-4-6/h2-4H,1H3. The third kappa shape index (κ3) is 1.32. The van der Waals surface area contributed by atoms with Gasteiger partial charge in [-0.15, -0.1) is 0 Å². The molecule has 1 aromatic heterocycles. The molecule has 1 rings (SSSR count). The third-order valence-electron chi connectivity index (χ3n) is 0.924. The Hall–Kier alpha value is -1.25. The number of methoxy groups -OCH3 is 1. The minimum absolute atomic E-state index is 0.130. The quantitative estimate of drug-likeness (QED) is 0.565. The lowest BCUT2D eigenvalue weighted by molar-refractivity contribution is 0.346. The molecular weight excluding hydrogens is 118 g/mol. The number of hydrogen-bond acceptors (Lipinski definition) is 2. The van der Waals surface area contributed by atoms with E-state index in [2.05, 4.69) is 4.98 Å².